The molecule has 0 radical (unpaired) electrons. The van der Waals surface area contributed by atoms with E-state index < -0.39 is 23.4 Å². The fourth-order valence-corrected chi connectivity index (χ4v) is 5.52. The smallest absolute Gasteiger partial charge is 0.414 e. The number of fused-ring (bicyclic) bond motifs is 2. The number of guanidine groups is 1. The van der Waals surface area contributed by atoms with Crippen LogP contribution in [0.15, 0.2) is 96.0 Å². The molecule has 3 N–H and O–H groups in total. The Morgan fingerprint density at radius 2 is 1.26 bits per heavy atom. The van der Waals surface area contributed by atoms with Crippen LogP contribution in [0.1, 0.15) is 52.7 Å². The third-order valence-electron chi connectivity index (χ3n) is 7.44. The summed E-state index contributed by atoms with van der Waals surface area (Å²) in [5.74, 6) is 0.966. The Morgan fingerprint density at radius 3 is 1.86 bits per heavy atom. The summed E-state index contributed by atoms with van der Waals surface area (Å²) in [4.78, 5) is 30.1. The van der Waals surface area contributed by atoms with Crippen LogP contribution >= 0.6 is 0 Å². The number of aliphatic imine (C=N–C) groups is 1. The maximum absolute atomic E-state index is 12.7. The molecule has 0 aromatic heterocycles. The van der Waals surface area contributed by atoms with E-state index in [1.807, 2.05) is 78.9 Å². The van der Waals surface area contributed by atoms with Crippen LogP contribution in [-0.2, 0) is 22.7 Å². The monoisotopic (exact) mass is 677 g/mol. The Morgan fingerprint density at radius 1 is 0.700 bits per heavy atom. The Balaban J connectivity index is 1.58. The second kappa shape index (κ2) is 14.9. The summed E-state index contributed by atoms with van der Waals surface area (Å²) >= 11 is 0. The van der Waals surface area contributed by atoms with Crippen LogP contribution in [0.5, 0.6) is 11.5 Å². The lowest BCUT2D eigenvalue weighted by atomic mass is 9.90. The van der Waals surface area contributed by atoms with Crippen LogP contribution in [0.3, 0.4) is 0 Å². The minimum absolute atomic E-state index is 0.0805. The van der Waals surface area contributed by atoms with E-state index in [1.165, 1.54) is 0 Å². The van der Waals surface area contributed by atoms with Gasteiger partial charge in [0.2, 0.25) is 5.96 Å². The lowest BCUT2D eigenvalue weighted by Gasteiger charge is -2.22. The lowest BCUT2D eigenvalue weighted by Crippen LogP contribution is -2.47. The van der Waals surface area contributed by atoms with E-state index in [0.717, 1.165) is 32.7 Å². The highest BCUT2D eigenvalue weighted by Gasteiger charge is 2.23. The van der Waals surface area contributed by atoms with E-state index in [9.17, 15) is 14.7 Å². The van der Waals surface area contributed by atoms with Gasteiger partial charge in [-0.3, -0.25) is 10.6 Å². The number of hydrogen-bond donors (Lipinski definition) is 3. The van der Waals surface area contributed by atoms with Crippen LogP contribution in [0, 0.1) is 0 Å². The van der Waals surface area contributed by atoms with Gasteiger partial charge in [-0.05, 0) is 81.3 Å². The molecule has 0 spiro atoms. The van der Waals surface area contributed by atoms with Gasteiger partial charge in [0.25, 0.3) is 0 Å². The molecule has 0 aliphatic carbocycles. The number of ether oxygens (including phenoxy) is 4. The van der Waals surface area contributed by atoms with Crippen molar-refractivity contribution in [2.45, 2.75) is 66.0 Å². The molecule has 0 heterocycles. The summed E-state index contributed by atoms with van der Waals surface area (Å²) in [6, 6.07) is 29.1. The first-order valence-corrected chi connectivity index (χ1v) is 16.3. The van der Waals surface area contributed by atoms with E-state index in [-0.39, 0.29) is 19.2 Å². The van der Waals surface area contributed by atoms with Crippen molar-refractivity contribution in [3.63, 3.8) is 0 Å². The van der Waals surface area contributed by atoms with Gasteiger partial charge in [-0.25, -0.2) is 14.6 Å². The second-order valence-electron chi connectivity index (χ2n) is 13.6. The maximum Gasteiger partial charge on any atom is 0.414 e. The van der Waals surface area contributed by atoms with Crippen LogP contribution in [0.2, 0.25) is 0 Å². The zero-order valence-corrected chi connectivity index (χ0v) is 29.4. The Bertz CT molecular complexity index is 2030. The van der Waals surface area contributed by atoms with Gasteiger partial charge in [0.05, 0.1) is 19.4 Å². The van der Waals surface area contributed by atoms with Crippen molar-refractivity contribution in [3.05, 3.63) is 102 Å². The minimum Gasteiger partial charge on any atom is -0.496 e. The normalized spacial score (nSPS) is 11.5. The average Bonchev–Trinajstić information content (AvgIpc) is 3.05. The highest BCUT2D eigenvalue weighted by Crippen LogP contribution is 2.47. The first-order valence-electron chi connectivity index (χ1n) is 16.3. The van der Waals surface area contributed by atoms with Crippen molar-refractivity contribution in [1.29, 1.82) is 0 Å². The summed E-state index contributed by atoms with van der Waals surface area (Å²) < 4.78 is 23.4. The maximum atomic E-state index is 12.7. The SMILES string of the molecule is COc1c(CO)cc2ccccc2c1-c1c(OCc2ccccc2N=C(NC(=O)OC(C)(C)C)NC(=O)OC(C)(C)C)ccc2ccccc12. The predicted octanol–water partition coefficient (Wildman–Crippen LogP) is 8.78. The fourth-order valence-electron chi connectivity index (χ4n) is 5.52. The number of hydrogen-bond acceptors (Lipinski definition) is 8. The summed E-state index contributed by atoms with van der Waals surface area (Å²) in [6.07, 6.45) is -1.60. The molecule has 10 heteroatoms. The number of rotatable bonds is 7. The molecule has 0 fully saturated rings. The molecule has 5 rings (SSSR count). The number of nitrogens with one attached hydrogen (secondary N) is 2. The molecule has 2 amide bonds. The molecule has 0 aliphatic heterocycles. The van der Waals surface area contributed by atoms with Gasteiger partial charge in [-0.1, -0.05) is 72.8 Å². The number of amides is 2. The van der Waals surface area contributed by atoms with Gasteiger partial charge in [-0.15, -0.1) is 0 Å². The number of nitrogens with zero attached hydrogens (tertiary/aromatic N) is 1. The number of para-hydroxylation sites is 1. The van der Waals surface area contributed by atoms with Gasteiger partial charge in [0.15, 0.2) is 0 Å². The Labute approximate surface area is 292 Å². The lowest BCUT2D eigenvalue weighted by molar-refractivity contribution is 0.0545. The van der Waals surface area contributed by atoms with E-state index >= 15 is 0 Å². The van der Waals surface area contributed by atoms with E-state index in [2.05, 4.69) is 15.6 Å². The van der Waals surface area contributed by atoms with Crippen LogP contribution in [-0.4, -0.2) is 41.6 Å². The molecular weight excluding hydrogens is 634 g/mol. The summed E-state index contributed by atoms with van der Waals surface area (Å²) in [5.41, 5.74) is 1.81. The third kappa shape index (κ3) is 8.69. The molecule has 5 aromatic rings. The third-order valence-corrected chi connectivity index (χ3v) is 7.44. The number of aliphatic hydroxyl groups excluding tert-OH is 1. The molecule has 5 aromatic carbocycles. The standard InChI is InChI=1S/C40H43N3O7/c1-39(2,3)49-37(45)42-36(43-38(46)50-40(4,5)6)41-31-19-13-10-16-27(31)24-48-32-21-20-25-14-8-11-17-29(25)33(32)34-30-18-12-9-15-26(30)22-28(23-44)35(34)47-7/h8-22,44H,23-24H2,1-7H3,(H2,41,42,43,45,46). The van der Waals surface area contributed by atoms with Crippen LogP contribution in [0.25, 0.3) is 32.7 Å². The van der Waals surface area contributed by atoms with Crippen molar-refractivity contribution < 1.29 is 33.6 Å². The summed E-state index contributed by atoms with van der Waals surface area (Å²) in [5, 5.41) is 19.3. The molecule has 0 saturated carbocycles. The van der Waals surface area contributed by atoms with Crippen molar-refractivity contribution >= 4 is 45.4 Å². The fraction of sp³-hybridized carbons (Fsp3) is 0.275. The number of aliphatic hydroxyl groups is 1. The number of carbonyl (C=O) groups excluding carboxylic acids is 2. The molecule has 0 bridgehead atoms. The Hall–Kier alpha value is -5.61. The zero-order chi connectivity index (χ0) is 36.1. The van der Waals surface area contributed by atoms with E-state index in [1.54, 1.807) is 60.8 Å². The molecule has 10 nitrogen and oxygen atoms in total. The van der Waals surface area contributed by atoms with Gasteiger partial charge in [-0.2, -0.15) is 0 Å². The Kier molecular flexibility index (Phi) is 10.6. The first kappa shape index (κ1) is 35.7. The summed E-state index contributed by atoms with van der Waals surface area (Å²) in [6.45, 7) is 10.3. The molecule has 50 heavy (non-hydrogen) atoms. The average molecular weight is 678 g/mol. The topological polar surface area (TPSA) is 128 Å². The highest BCUT2D eigenvalue weighted by molar-refractivity contribution is 6.10. The molecule has 0 aliphatic rings. The molecule has 0 saturated heterocycles. The quantitative estimate of drug-likeness (QED) is 0.116. The largest absolute Gasteiger partial charge is 0.496 e. The zero-order valence-electron chi connectivity index (χ0n) is 29.4. The van der Waals surface area contributed by atoms with E-state index in [4.69, 9.17) is 18.9 Å². The van der Waals surface area contributed by atoms with Crippen LogP contribution in [0.4, 0.5) is 15.3 Å². The summed E-state index contributed by atoms with van der Waals surface area (Å²) in [7, 11) is 1.60. The highest BCUT2D eigenvalue weighted by atomic mass is 16.6. The molecule has 260 valence electrons. The van der Waals surface area contributed by atoms with Crippen molar-refractivity contribution in [2.24, 2.45) is 4.99 Å². The first-order chi connectivity index (χ1) is 23.8. The van der Waals surface area contributed by atoms with Gasteiger partial charge < -0.3 is 24.1 Å². The number of benzene rings is 5. The minimum atomic E-state index is -0.798. The number of carbonyl (C=O) groups is 2. The van der Waals surface area contributed by atoms with Crippen molar-refractivity contribution in [3.8, 4) is 22.6 Å². The predicted molar refractivity (Wildman–Crippen MR) is 196 cm³/mol. The van der Waals surface area contributed by atoms with Crippen molar-refractivity contribution in [2.75, 3.05) is 7.11 Å². The van der Waals surface area contributed by atoms with Gasteiger partial charge >= 0.3 is 12.2 Å². The molecule has 0 atom stereocenters. The molecule has 0 unspecified atom stereocenters. The van der Waals surface area contributed by atoms with E-state index in [0.29, 0.717) is 28.3 Å². The van der Waals surface area contributed by atoms with Gasteiger partial charge in [0.1, 0.15) is 29.3 Å². The van der Waals surface area contributed by atoms with Gasteiger partial charge in [0, 0.05) is 22.3 Å². The second-order valence-corrected chi connectivity index (χ2v) is 13.6. The van der Waals surface area contributed by atoms with Crippen LogP contribution < -0.4 is 20.1 Å². The number of methoxy groups -OCH3 is 1. The molecular formula is C40H43N3O7. The van der Waals surface area contributed by atoms with Crippen molar-refractivity contribution in [1.82, 2.24) is 10.6 Å². The number of alkyl carbamates (subject to hydrolysis) is 2.